The lowest BCUT2D eigenvalue weighted by Crippen LogP contribution is -2.53. The first kappa shape index (κ1) is 14.2. The van der Waals surface area contributed by atoms with Crippen molar-refractivity contribution in [2.45, 2.75) is 38.2 Å². The molecule has 0 aromatic carbocycles. The number of hydrogen-bond acceptors (Lipinski definition) is 2. The van der Waals surface area contributed by atoms with Crippen LogP contribution in [0.2, 0.25) is 0 Å². The zero-order chi connectivity index (χ0) is 13.1. The van der Waals surface area contributed by atoms with Crippen LogP contribution in [0.25, 0.3) is 0 Å². The molecule has 0 aromatic heterocycles. The Bertz CT molecular complexity index is 273. The summed E-state index contributed by atoms with van der Waals surface area (Å²) in [5.74, 6) is -4.80. The molecule has 1 amide bonds. The summed E-state index contributed by atoms with van der Waals surface area (Å²) in [6.07, 6.45) is -2.03. The smallest absolute Gasteiger partial charge is 0.324 e. The molecular weight excluding hydrogens is 240 g/mol. The quantitative estimate of drug-likeness (QED) is 0.746. The number of alkyl halides is 4. The van der Waals surface area contributed by atoms with E-state index in [0.29, 0.717) is 6.54 Å². The fraction of sp³-hybridized carbons (Fsp3) is 0.900. The zero-order valence-electron chi connectivity index (χ0n) is 9.48. The normalized spacial score (nSPS) is 26.0. The third-order valence-corrected chi connectivity index (χ3v) is 2.87. The summed E-state index contributed by atoms with van der Waals surface area (Å²) in [7, 11) is 0. The maximum atomic E-state index is 12.6. The van der Waals surface area contributed by atoms with Crippen molar-refractivity contribution >= 4 is 5.91 Å². The van der Waals surface area contributed by atoms with Crippen LogP contribution in [0.3, 0.4) is 0 Å². The van der Waals surface area contributed by atoms with Crippen molar-refractivity contribution in [2.24, 2.45) is 5.92 Å². The van der Waals surface area contributed by atoms with E-state index in [9.17, 15) is 22.4 Å². The monoisotopic (exact) mass is 256 g/mol. The lowest BCUT2D eigenvalue weighted by atomic mass is 9.92. The number of piperidine rings is 1. The van der Waals surface area contributed by atoms with Crippen LogP contribution in [0.15, 0.2) is 0 Å². The van der Waals surface area contributed by atoms with Crippen LogP contribution < -0.4 is 10.6 Å². The summed E-state index contributed by atoms with van der Waals surface area (Å²) in [4.78, 5) is 11.5. The van der Waals surface area contributed by atoms with Crippen molar-refractivity contribution in [3.8, 4) is 0 Å². The molecule has 2 unspecified atom stereocenters. The first-order chi connectivity index (χ1) is 7.84. The van der Waals surface area contributed by atoms with Crippen molar-refractivity contribution in [3.05, 3.63) is 0 Å². The summed E-state index contributed by atoms with van der Waals surface area (Å²) in [5, 5.41) is 4.76. The van der Waals surface area contributed by atoms with Crippen LogP contribution in [0, 0.1) is 5.92 Å². The molecule has 100 valence electrons. The molecular formula is C10H16F4N2O. The van der Waals surface area contributed by atoms with Gasteiger partial charge in [0, 0.05) is 0 Å². The number of amides is 1. The van der Waals surface area contributed by atoms with Crippen molar-refractivity contribution < 1.29 is 22.4 Å². The average Bonchev–Trinajstić information content (AvgIpc) is 2.26. The molecule has 1 aliphatic heterocycles. The summed E-state index contributed by atoms with van der Waals surface area (Å²) in [6, 6.07) is -0.572. The third-order valence-electron chi connectivity index (χ3n) is 2.87. The first-order valence-corrected chi connectivity index (χ1v) is 5.51. The van der Waals surface area contributed by atoms with Crippen LogP contribution in [-0.2, 0) is 4.79 Å². The molecule has 3 nitrogen and oxygen atoms in total. The highest BCUT2D eigenvalue weighted by Crippen LogP contribution is 2.22. The fourth-order valence-electron chi connectivity index (χ4n) is 1.79. The van der Waals surface area contributed by atoms with E-state index in [0.717, 1.165) is 12.8 Å². The van der Waals surface area contributed by atoms with Crippen molar-refractivity contribution in [1.82, 2.24) is 10.6 Å². The molecule has 1 aliphatic rings. The van der Waals surface area contributed by atoms with Gasteiger partial charge in [-0.05, 0) is 25.3 Å². The second-order valence-corrected chi connectivity index (χ2v) is 4.33. The Labute approximate surface area is 96.9 Å². The predicted octanol–water partition coefficient (Wildman–Crippen LogP) is 1.39. The van der Waals surface area contributed by atoms with E-state index in [1.165, 1.54) is 0 Å². The van der Waals surface area contributed by atoms with Crippen LogP contribution in [0.4, 0.5) is 17.6 Å². The van der Waals surface area contributed by atoms with Gasteiger partial charge in [0.2, 0.25) is 5.91 Å². The van der Waals surface area contributed by atoms with Crippen molar-refractivity contribution in [1.29, 1.82) is 0 Å². The fourth-order valence-corrected chi connectivity index (χ4v) is 1.79. The molecule has 0 spiro atoms. The summed E-state index contributed by atoms with van der Waals surface area (Å²) < 4.78 is 48.9. The van der Waals surface area contributed by atoms with Gasteiger partial charge in [-0.1, -0.05) is 6.92 Å². The van der Waals surface area contributed by atoms with Gasteiger partial charge >= 0.3 is 12.3 Å². The van der Waals surface area contributed by atoms with Crippen molar-refractivity contribution in [2.75, 3.05) is 13.1 Å². The van der Waals surface area contributed by atoms with E-state index >= 15 is 0 Å². The van der Waals surface area contributed by atoms with E-state index in [1.54, 1.807) is 0 Å². The number of nitrogens with one attached hydrogen (secondary N) is 2. The van der Waals surface area contributed by atoms with Gasteiger partial charge in [0.05, 0.1) is 12.6 Å². The molecule has 0 aliphatic carbocycles. The van der Waals surface area contributed by atoms with E-state index in [4.69, 9.17) is 0 Å². The summed E-state index contributed by atoms with van der Waals surface area (Å²) >= 11 is 0. The zero-order valence-corrected chi connectivity index (χ0v) is 9.48. The SMILES string of the molecule is CC1CCCNC1C(=O)NCC(F)(F)C(F)F. The molecule has 2 atom stereocenters. The Morgan fingerprint density at radius 1 is 1.53 bits per heavy atom. The van der Waals surface area contributed by atoms with Gasteiger partial charge in [-0.3, -0.25) is 4.79 Å². The Kier molecular flexibility index (Phi) is 4.73. The summed E-state index contributed by atoms with van der Waals surface area (Å²) in [5.41, 5.74) is 0. The highest BCUT2D eigenvalue weighted by atomic mass is 19.3. The minimum Gasteiger partial charge on any atom is -0.348 e. The minimum atomic E-state index is -4.17. The molecule has 1 saturated heterocycles. The molecule has 7 heteroatoms. The van der Waals surface area contributed by atoms with Gasteiger partial charge in [-0.2, -0.15) is 8.78 Å². The first-order valence-electron chi connectivity index (χ1n) is 5.51. The molecule has 0 saturated carbocycles. The molecule has 1 rings (SSSR count). The lowest BCUT2D eigenvalue weighted by Gasteiger charge is -2.29. The standard InChI is InChI=1S/C10H16F4N2O/c1-6-3-2-4-15-7(6)8(17)16-5-10(13,14)9(11)12/h6-7,9,15H,2-5H2,1H3,(H,16,17). The molecule has 17 heavy (non-hydrogen) atoms. The van der Waals surface area contributed by atoms with Gasteiger partial charge in [0.25, 0.3) is 0 Å². The van der Waals surface area contributed by atoms with Crippen LogP contribution in [0.1, 0.15) is 19.8 Å². The topological polar surface area (TPSA) is 41.1 Å². The van der Waals surface area contributed by atoms with Gasteiger partial charge in [-0.25, -0.2) is 8.78 Å². The number of carbonyl (C=O) groups is 1. The second-order valence-electron chi connectivity index (χ2n) is 4.33. The summed E-state index contributed by atoms with van der Waals surface area (Å²) in [6.45, 7) is 1.13. The molecule has 0 bridgehead atoms. The Morgan fingerprint density at radius 3 is 2.71 bits per heavy atom. The Hall–Kier alpha value is -0.850. The van der Waals surface area contributed by atoms with E-state index < -0.39 is 30.8 Å². The minimum absolute atomic E-state index is 0.0175. The average molecular weight is 256 g/mol. The number of carbonyl (C=O) groups excluding carboxylic acids is 1. The maximum absolute atomic E-state index is 12.6. The van der Waals surface area contributed by atoms with Crippen molar-refractivity contribution in [3.63, 3.8) is 0 Å². The predicted molar refractivity (Wildman–Crippen MR) is 54.1 cm³/mol. The maximum Gasteiger partial charge on any atom is 0.324 e. The number of halogens is 4. The highest BCUT2D eigenvalue weighted by molar-refractivity contribution is 5.82. The van der Waals surface area contributed by atoms with E-state index in [-0.39, 0.29) is 5.92 Å². The molecule has 1 heterocycles. The van der Waals surface area contributed by atoms with Crippen LogP contribution >= 0.6 is 0 Å². The van der Waals surface area contributed by atoms with Crippen LogP contribution in [0.5, 0.6) is 0 Å². The largest absolute Gasteiger partial charge is 0.348 e. The third kappa shape index (κ3) is 3.83. The molecule has 0 aromatic rings. The van der Waals surface area contributed by atoms with E-state index in [2.05, 4.69) is 5.32 Å². The van der Waals surface area contributed by atoms with Gasteiger partial charge in [-0.15, -0.1) is 0 Å². The highest BCUT2D eigenvalue weighted by Gasteiger charge is 2.41. The lowest BCUT2D eigenvalue weighted by molar-refractivity contribution is -0.138. The van der Waals surface area contributed by atoms with E-state index in [1.807, 2.05) is 12.2 Å². The molecule has 1 fully saturated rings. The second kappa shape index (κ2) is 5.66. The molecule has 0 radical (unpaired) electrons. The Morgan fingerprint density at radius 2 is 2.18 bits per heavy atom. The van der Waals surface area contributed by atoms with Gasteiger partial charge < -0.3 is 10.6 Å². The molecule has 2 N–H and O–H groups in total. The van der Waals surface area contributed by atoms with Gasteiger partial charge in [0.15, 0.2) is 0 Å². The Balaban J connectivity index is 2.44. The number of rotatable bonds is 4. The van der Waals surface area contributed by atoms with Crippen LogP contribution in [-0.4, -0.2) is 37.4 Å². The number of hydrogen-bond donors (Lipinski definition) is 2. The van der Waals surface area contributed by atoms with Gasteiger partial charge in [0.1, 0.15) is 0 Å².